The number of aromatic nitrogens is 3. The number of benzene rings is 2. The molecule has 7 nitrogen and oxygen atoms in total. The fourth-order valence-corrected chi connectivity index (χ4v) is 4.44. The predicted molar refractivity (Wildman–Crippen MR) is 131 cm³/mol. The van der Waals surface area contributed by atoms with Crippen LogP contribution in [-0.2, 0) is 17.7 Å². The van der Waals surface area contributed by atoms with Gasteiger partial charge in [0.1, 0.15) is 5.65 Å². The maximum absolute atomic E-state index is 12.7. The Morgan fingerprint density at radius 1 is 1.27 bits per heavy atom. The number of nitrogens with one attached hydrogen (secondary N) is 1. The minimum absolute atomic E-state index is 0.157. The molecule has 3 heterocycles. The Morgan fingerprint density at radius 2 is 2.06 bits per heavy atom. The summed E-state index contributed by atoms with van der Waals surface area (Å²) < 4.78 is 7.05. The second kappa shape index (κ2) is 8.63. The summed E-state index contributed by atoms with van der Waals surface area (Å²) in [7, 11) is -0.924. The lowest BCUT2D eigenvalue weighted by atomic mass is 9.76. The van der Waals surface area contributed by atoms with Gasteiger partial charge in [0.25, 0.3) is 0 Å². The standard InChI is InChI=1S/C25H27BN4O3/c1-15-6-8-20(9-7-15)30-13-19-12-23(28-24(19)29-25(30)31)18-10-17(5-3-4-16(2)27)21-14-33-26(32)22(21)11-18/h6-13,16,32H,3-5,14,27H2,1-2H3,(H,28,29,31)/t16-/m0/s1. The normalized spacial score (nSPS) is 14.1. The SMILES string of the molecule is Cc1ccc(-n2cc3cc(-c4cc(CCC[C@H](C)N)c5c(c4)B(O)OC5)[nH]c3nc2=O)cc1. The number of aromatic amines is 1. The molecule has 0 spiro atoms. The lowest BCUT2D eigenvalue weighted by Crippen LogP contribution is -2.28. The summed E-state index contributed by atoms with van der Waals surface area (Å²) in [6, 6.07) is 14.0. The van der Waals surface area contributed by atoms with Crippen molar-refractivity contribution in [1.82, 2.24) is 14.5 Å². The van der Waals surface area contributed by atoms with E-state index in [2.05, 4.69) is 16.0 Å². The fraction of sp³-hybridized carbons (Fsp3) is 0.280. The highest BCUT2D eigenvalue weighted by Gasteiger charge is 2.30. The van der Waals surface area contributed by atoms with Gasteiger partial charge in [0, 0.05) is 23.3 Å². The molecule has 0 unspecified atom stereocenters. The van der Waals surface area contributed by atoms with Crippen LogP contribution in [0.5, 0.6) is 0 Å². The fourth-order valence-electron chi connectivity index (χ4n) is 4.44. The van der Waals surface area contributed by atoms with Gasteiger partial charge in [-0.2, -0.15) is 4.98 Å². The molecule has 0 radical (unpaired) electrons. The molecule has 168 valence electrons. The van der Waals surface area contributed by atoms with E-state index in [0.717, 1.165) is 63.7 Å². The van der Waals surface area contributed by atoms with Gasteiger partial charge in [0.05, 0.1) is 12.3 Å². The molecule has 33 heavy (non-hydrogen) atoms. The van der Waals surface area contributed by atoms with Crippen LogP contribution in [0.1, 0.15) is 36.5 Å². The van der Waals surface area contributed by atoms with E-state index >= 15 is 0 Å². The van der Waals surface area contributed by atoms with Gasteiger partial charge in [-0.25, -0.2) is 4.79 Å². The first-order chi connectivity index (χ1) is 15.9. The van der Waals surface area contributed by atoms with E-state index in [1.807, 2.05) is 56.4 Å². The Morgan fingerprint density at radius 3 is 2.82 bits per heavy atom. The van der Waals surface area contributed by atoms with Crippen molar-refractivity contribution in [3.63, 3.8) is 0 Å². The Kier molecular flexibility index (Phi) is 5.66. The van der Waals surface area contributed by atoms with Crippen LogP contribution in [0.15, 0.2) is 53.5 Å². The first-order valence-corrected chi connectivity index (χ1v) is 11.3. The third-order valence-corrected chi connectivity index (χ3v) is 6.27. The average Bonchev–Trinajstić information content (AvgIpc) is 3.37. The van der Waals surface area contributed by atoms with E-state index in [-0.39, 0.29) is 11.7 Å². The van der Waals surface area contributed by atoms with Gasteiger partial charge in [-0.3, -0.25) is 4.57 Å². The van der Waals surface area contributed by atoms with Gasteiger partial charge in [0.15, 0.2) is 0 Å². The van der Waals surface area contributed by atoms with E-state index in [4.69, 9.17) is 10.4 Å². The lowest BCUT2D eigenvalue weighted by Gasteiger charge is -2.12. The van der Waals surface area contributed by atoms with E-state index < -0.39 is 7.12 Å². The van der Waals surface area contributed by atoms with Gasteiger partial charge in [0.2, 0.25) is 0 Å². The zero-order chi connectivity index (χ0) is 23.1. The van der Waals surface area contributed by atoms with E-state index in [1.165, 1.54) is 0 Å². The van der Waals surface area contributed by atoms with Crippen LogP contribution >= 0.6 is 0 Å². The molecule has 5 rings (SSSR count). The number of H-pyrrole nitrogens is 1. The molecule has 0 saturated heterocycles. The third kappa shape index (κ3) is 4.25. The number of fused-ring (bicyclic) bond motifs is 2. The highest BCUT2D eigenvalue weighted by Crippen LogP contribution is 2.27. The van der Waals surface area contributed by atoms with Crippen molar-refractivity contribution in [3.8, 4) is 16.9 Å². The summed E-state index contributed by atoms with van der Waals surface area (Å²) in [6.45, 7) is 4.43. The zero-order valence-corrected chi connectivity index (χ0v) is 18.8. The Hall–Kier alpha value is -3.20. The molecule has 2 aromatic heterocycles. The van der Waals surface area contributed by atoms with Gasteiger partial charge in [-0.15, -0.1) is 0 Å². The molecule has 8 heteroatoms. The second-order valence-corrected chi connectivity index (χ2v) is 8.95. The quantitative estimate of drug-likeness (QED) is 0.398. The number of nitrogens with two attached hydrogens (primary N) is 1. The second-order valence-electron chi connectivity index (χ2n) is 8.95. The Labute approximate surface area is 192 Å². The maximum atomic E-state index is 12.7. The van der Waals surface area contributed by atoms with E-state index in [9.17, 15) is 9.82 Å². The van der Waals surface area contributed by atoms with Crippen molar-refractivity contribution in [2.24, 2.45) is 5.73 Å². The van der Waals surface area contributed by atoms with Crippen LogP contribution in [-0.4, -0.2) is 32.7 Å². The molecule has 2 aromatic carbocycles. The molecule has 0 amide bonds. The number of aryl methyl sites for hydroxylation is 2. The third-order valence-electron chi connectivity index (χ3n) is 6.27. The summed E-state index contributed by atoms with van der Waals surface area (Å²) in [6.07, 6.45) is 4.58. The van der Waals surface area contributed by atoms with Gasteiger partial charge in [-0.1, -0.05) is 23.8 Å². The van der Waals surface area contributed by atoms with Gasteiger partial charge < -0.3 is 20.4 Å². The summed E-state index contributed by atoms with van der Waals surface area (Å²) in [5, 5.41) is 11.2. The van der Waals surface area contributed by atoms with Crippen LogP contribution in [0.4, 0.5) is 0 Å². The number of hydrogen-bond donors (Lipinski definition) is 3. The highest BCUT2D eigenvalue weighted by atomic mass is 16.5. The van der Waals surface area contributed by atoms with Crippen molar-refractivity contribution >= 4 is 23.6 Å². The molecule has 0 fully saturated rings. The minimum Gasteiger partial charge on any atom is -0.423 e. The predicted octanol–water partition coefficient (Wildman–Crippen LogP) is 2.58. The largest absolute Gasteiger partial charge is 0.491 e. The summed E-state index contributed by atoms with van der Waals surface area (Å²) in [5.74, 6) is 0. The molecule has 4 aromatic rings. The molecule has 0 saturated carbocycles. The molecule has 1 aliphatic heterocycles. The lowest BCUT2D eigenvalue weighted by molar-refractivity contribution is 0.274. The smallest absolute Gasteiger partial charge is 0.423 e. The minimum atomic E-state index is -0.924. The molecule has 1 atom stereocenters. The monoisotopic (exact) mass is 442 g/mol. The summed E-state index contributed by atoms with van der Waals surface area (Å²) in [5.41, 5.74) is 12.8. The first-order valence-electron chi connectivity index (χ1n) is 11.3. The molecule has 0 aliphatic carbocycles. The van der Waals surface area contributed by atoms with Crippen LogP contribution in [0.2, 0.25) is 0 Å². The first kappa shape index (κ1) is 21.6. The molecular formula is C25H27BN4O3. The van der Waals surface area contributed by atoms with Crippen molar-refractivity contribution < 1.29 is 9.68 Å². The highest BCUT2D eigenvalue weighted by molar-refractivity contribution is 6.61. The van der Waals surface area contributed by atoms with Crippen molar-refractivity contribution in [1.29, 1.82) is 0 Å². The maximum Gasteiger partial charge on any atom is 0.491 e. The van der Waals surface area contributed by atoms with Crippen LogP contribution < -0.4 is 16.9 Å². The molecular weight excluding hydrogens is 415 g/mol. The van der Waals surface area contributed by atoms with Gasteiger partial charge in [-0.05, 0) is 79.5 Å². The molecule has 1 aliphatic rings. The van der Waals surface area contributed by atoms with Crippen LogP contribution in [0.3, 0.4) is 0 Å². The van der Waals surface area contributed by atoms with Crippen LogP contribution in [0, 0.1) is 6.92 Å². The summed E-state index contributed by atoms with van der Waals surface area (Å²) in [4.78, 5) is 20.2. The van der Waals surface area contributed by atoms with Crippen molar-refractivity contribution in [2.45, 2.75) is 45.8 Å². The topological polar surface area (TPSA) is 106 Å². The molecule has 0 bridgehead atoms. The van der Waals surface area contributed by atoms with Crippen molar-refractivity contribution in [3.05, 3.63) is 75.8 Å². The van der Waals surface area contributed by atoms with Crippen molar-refractivity contribution in [2.75, 3.05) is 0 Å². The van der Waals surface area contributed by atoms with E-state index in [0.29, 0.717) is 12.3 Å². The average molecular weight is 442 g/mol. The number of nitrogens with zero attached hydrogens (tertiary/aromatic N) is 2. The van der Waals surface area contributed by atoms with Crippen LogP contribution in [0.25, 0.3) is 28.0 Å². The number of rotatable bonds is 6. The number of hydrogen-bond acceptors (Lipinski definition) is 5. The molecule has 4 N–H and O–H groups in total. The summed E-state index contributed by atoms with van der Waals surface area (Å²) >= 11 is 0. The zero-order valence-electron chi connectivity index (χ0n) is 18.8. The Bertz CT molecular complexity index is 1380. The van der Waals surface area contributed by atoms with Gasteiger partial charge >= 0.3 is 12.8 Å². The Balaban J connectivity index is 1.55. The van der Waals surface area contributed by atoms with E-state index in [1.54, 1.807) is 4.57 Å².